The maximum Gasteiger partial charge on any atom is 0.349 e. The van der Waals surface area contributed by atoms with Crippen molar-refractivity contribution in [2.75, 3.05) is 25.6 Å². The van der Waals surface area contributed by atoms with Crippen molar-refractivity contribution >= 4 is 17.5 Å². The van der Waals surface area contributed by atoms with E-state index in [4.69, 9.17) is 25.4 Å². The Bertz CT molecular complexity index is 1650. The molecule has 2 aromatic heterocycles. The first kappa shape index (κ1) is 26.2. The number of amidine groups is 1. The highest BCUT2D eigenvalue weighted by Gasteiger charge is 2.31. The molecule has 0 bridgehead atoms. The second-order valence-electron chi connectivity index (χ2n) is 8.67. The first-order chi connectivity index (χ1) is 19.3. The quantitative estimate of drug-likeness (QED) is 0.161. The van der Waals surface area contributed by atoms with Crippen LogP contribution >= 0.6 is 0 Å². The predicted molar refractivity (Wildman–Crippen MR) is 140 cm³/mol. The number of hydrogen-bond donors (Lipinski definition) is 5. The third kappa shape index (κ3) is 4.89. The predicted octanol–water partition coefficient (Wildman–Crippen LogP) is 2.45. The highest BCUT2D eigenvalue weighted by atomic mass is 19.1. The van der Waals surface area contributed by atoms with Crippen molar-refractivity contribution in [1.82, 2.24) is 19.7 Å². The number of anilines is 1. The molecule has 206 valence electrons. The molecule has 2 aromatic carbocycles. The number of carboxylic acid groups (broad SMARTS) is 1. The lowest BCUT2D eigenvalue weighted by molar-refractivity contribution is 0.0696. The fourth-order valence-corrected chi connectivity index (χ4v) is 4.20. The SMILES string of the molecule is COc1cc([C@H](Nc2ccc(C(=N)N)cc2)c2nn(-c3ncccc3C(=O)O)c(=O)[nH]2)c(F)c2c1OCCCO2. The van der Waals surface area contributed by atoms with Gasteiger partial charge in [0, 0.05) is 29.4 Å². The number of aromatic carboxylic acids is 1. The normalized spacial score (nSPS) is 13.2. The van der Waals surface area contributed by atoms with E-state index >= 15 is 4.39 Å². The Labute approximate surface area is 225 Å². The van der Waals surface area contributed by atoms with Gasteiger partial charge in [0.05, 0.1) is 20.3 Å². The molecule has 0 fully saturated rings. The topological polar surface area (TPSA) is 190 Å². The zero-order chi connectivity index (χ0) is 28.4. The van der Waals surface area contributed by atoms with E-state index in [2.05, 4.69) is 20.4 Å². The molecule has 6 N–H and O–H groups in total. The molecular weight excluding hydrogens is 525 g/mol. The summed E-state index contributed by atoms with van der Waals surface area (Å²) in [6.07, 6.45) is 1.85. The van der Waals surface area contributed by atoms with Gasteiger partial charge in [-0.15, -0.1) is 5.10 Å². The number of aromatic amines is 1. The van der Waals surface area contributed by atoms with Gasteiger partial charge in [0.2, 0.25) is 11.5 Å². The highest BCUT2D eigenvalue weighted by Crippen LogP contribution is 2.45. The number of hydrogen-bond acceptors (Lipinski definition) is 9. The van der Waals surface area contributed by atoms with Crippen molar-refractivity contribution in [1.29, 1.82) is 5.41 Å². The van der Waals surface area contributed by atoms with Crippen molar-refractivity contribution in [3.8, 4) is 23.1 Å². The molecule has 1 aliphatic heterocycles. The van der Waals surface area contributed by atoms with Gasteiger partial charge < -0.3 is 30.4 Å². The van der Waals surface area contributed by atoms with Crippen molar-refractivity contribution in [3.05, 3.63) is 87.5 Å². The van der Waals surface area contributed by atoms with E-state index in [0.717, 1.165) is 4.68 Å². The van der Waals surface area contributed by atoms with Crippen LogP contribution in [0, 0.1) is 11.2 Å². The second kappa shape index (κ2) is 10.8. The minimum absolute atomic E-state index is 0.00266. The van der Waals surface area contributed by atoms with Crippen LogP contribution < -0.4 is 31.0 Å². The molecule has 0 unspecified atom stereocenters. The van der Waals surface area contributed by atoms with E-state index in [1.165, 1.54) is 31.5 Å². The number of nitrogens with zero attached hydrogens (tertiary/aromatic N) is 3. The summed E-state index contributed by atoms with van der Waals surface area (Å²) in [5, 5.41) is 24.6. The summed E-state index contributed by atoms with van der Waals surface area (Å²) in [7, 11) is 1.40. The molecule has 1 aliphatic rings. The Morgan fingerprint density at radius 2 is 1.98 bits per heavy atom. The van der Waals surface area contributed by atoms with Crippen LogP contribution in [0.2, 0.25) is 0 Å². The number of methoxy groups -OCH3 is 1. The monoisotopic (exact) mass is 549 g/mol. The molecule has 13 nitrogen and oxygen atoms in total. The summed E-state index contributed by atoms with van der Waals surface area (Å²) in [5.41, 5.74) is 5.45. The minimum atomic E-state index is -1.31. The van der Waals surface area contributed by atoms with Gasteiger partial charge in [-0.3, -0.25) is 10.4 Å². The van der Waals surface area contributed by atoms with E-state index in [9.17, 15) is 14.7 Å². The first-order valence-electron chi connectivity index (χ1n) is 12.0. The summed E-state index contributed by atoms with van der Waals surface area (Å²) in [6, 6.07) is 9.41. The number of fused-ring (bicyclic) bond motifs is 1. The number of halogens is 1. The van der Waals surface area contributed by atoms with Gasteiger partial charge in [-0.25, -0.2) is 19.0 Å². The van der Waals surface area contributed by atoms with Crippen LogP contribution in [0.4, 0.5) is 10.1 Å². The molecule has 3 heterocycles. The van der Waals surface area contributed by atoms with Crippen LogP contribution in [0.25, 0.3) is 5.82 Å². The average molecular weight is 550 g/mol. The average Bonchev–Trinajstić information content (AvgIpc) is 3.16. The largest absolute Gasteiger partial charge is 0.493 e. The van der Waals surface area contributed by atoms with E-state index in [1.807, 2.05) is 0 Å². The zero-order valence-electron chi connectivity index (χ0n) is 21.1. The Balaban J connectivity index is 1.67. The standard InChI is InChI=1S/C26H24FN7O6/c1-38-17-12-16(18(27)21-20(17)39-10-3-11-40-21)19(31-14-7-5-13(6-8-14)22(28)29)23-32-26(37)34(33-23)24-15(25(35)36)4-2-9-30-24/h2,4-9,12,19,31H,3,10-11H2,1H3,(H3,28,29)(H,35,36)(H,32,33,37)/t19-/m0/s1. The summed E-state index contributed by atoms with van der Waals surface area (Å²) in [5.74, 6) is -2.31. The minimum Gasteiger partial charge on any atom is -0.493 e. The molecule has 0 amide bonds. The van der Waals surface area contributed by atoms with E-state index < -0.39 is 23.5 Å². The Morgan fingerprint density at radius 1 is 1.25 bits per heavy atom. The fraction of sp³-hybridized carbons (Fsp3) is 0.192. The number of benzene rings is 2. The lowest BCUT2D eigenvalue weighted by Gasteiger charge is -2.22. The highest BCUT2D eigenvalue weighted by molar-refractivity contribution is 5.95. The molecule has 1 atom stereocenters. The van der Waals surface area contributed by atoms with Crippen molar-refractivity contribution in [2.45, 2.75) is 12.5 Å². The van der Waals surface area contributed by atoms with Crippen LogP contribution in [0.3, 0.4) is 0 Å². The number of aromatic nitrogens is 4. The molecule has 0 saturated carbocycles. The second-order valence-corrected chi connectivity index (χ2v) is 8.67. The summed E-state index contributed by atoms with van der Waals surface area (Å²) in [6.45, 7) is 0.518. The van der Waals surface area contributed by atoms with Gasteiger partial charge in [0.15, 0.2) is 23.2 Å². The Kier molecular flexibility index (Phi) is 7.05. The van der Waals surface area contributed by atoms with Crippen molar-refractivity contribution in [2.24, 2.45) is 5.73 Å². The van der Waals surface area contributed by atoms with Crippen LogP contribution in [0.1, 0.15) is 39.8 Å². The maximum atomic E-state index is 16.1. The molecule has 0 radical (unpaired) electrons. The lowest BCUT2D eigenvalue weighted by atomic mass is 10.0. The number of nitrogens with two attached hydrogens (primary N) is 1. The molecule has 40 heavy (non-hydrogen) atoms. The van der Waals surface area contributed by atoms with Crippen molar-refractivity contribution in [3.63, 3.8) is 0 Å². The van der Waals surface area contributed by atoms with E-state index in [1.54, 1.807) is 24.3 Å². The van der Waals surface area contributed by atoms with E-state index in [0.29, 0.717) is 24.3 Å². The summed E-state index contributed by atoms with van der Waals surface area (Å²) < 4.78 is 33.7. The number of nitrogen functional groups attached to an aromatic ring is 1. The van der Waals surface area contributed by atoms with Gasteiger partial charge in [0.25, 0.3) is 0 Å². The molecule has 0 saturated heterocycles. The molecule has 4 aromatic rings. The first-order valence-corrected chi connectivity index (χ1v) is 12.0. The number of nitrogens with one attached hydrogen (secondary N) is 3. The van der Waals surface area contributed by atoms with Gasteiger partial charge in [-0.2, -0.15) is 4.68 Å². The number of carbonyl (C=O) groups is 1. The summed E-state index contributed by atoms with van der Waals surface area (Å²) >= 11 is 0. The smallest absolute Gasteiger partial charge is 0.349 e. The zero-order valence-corrected chi connectivity index (χ0v) is 21.1. The van der Waals surface area contributed by atoms with Crippen molar-refractivity contribution < 1.29 is 28.5 Å². The van der Waals surface area contributed by atoms with Crippen LogP contribution in [0.5, 0.6) is 17.2 Å². The maximum absolute atomic E-state index is 16.1. The van der Waals surface area contributed by atoms with Gasteiger partial charge >= 0.3 is 11.7 Å². The van der Waals surface area contributed by atoms with Crippen LogP contribution in [0.15, 0.2) is 53.5 Å². The van der Waals surface area contributed by atoms with Crippen LogP contribution in [-0.2, 0) is 0 Å². The number of ether oxygens (including phenoxy) is 3. The van der Waals surface area contributed by atoms with Gasteiger partial charge in [-0.1, -0.05) is 0 Å². The Hall–Kier alpha value is -5.40. The number of carboxylic acids is 1. The molecule has 14 heteroatoms. The van der Waals surface area contributed by atoms with Gasteiger partial charge in [-0.05, 0) is 42.5 Å². The molecular formula is C26H24FN7O6. The lowest BCUT2D eigenvalue weighted by Crippen LogP contribution is -2.20. The number of rotatable bonds is 8. The number of pyridine rings is 1. The molecule has 5 rings (SSSR count). The summed E-state index contributed by atoms with van der Waals surface area (Å²) in [4.78, 5) is 31.3. The fourth-order valence-electron chi connectivity index (χ4n) is 4.20. The third-order valence-electron chi connectivity index (χ3n) is 6.11. The van der Waals surface area contributed by atoms with E-state index in [-0.39, 0.29) is 52.5 Å². The number of H-pyrrole nitrogens is 1. The third-order valence-corrected chi connectivity index (χ3v) is 6.11. The van der Waals surface area contributed by atoms with Gasteiger partial charge in [0.1, 0.15) is 17.4 Å². The molecule has 0 spiro atoms. The van der Waals surface area contributed by atoms with Crippen LogP contribution in [-0.4, -0.2) is 57.0 Å². The Morgan fingerprint density at radius 3 is 2.65 bits per heavy atom. The molecule has 0 aliphatic carbocycles.